The molecule has 1 atom stereocenters. The van der Waals surface area contributed by atoms with Crippen LogP contribution >= 0.6 is 0 Å². The molecule has 0 spiro atoms. The van der Waals surface area contributed by atoms with Crippen molar-refractivity contribution in [2.24, 2.45) is 0 Å². The fraction of sp³-hybridized carbons (Fsp3) is 0.241. The molecule has 1 fully saturated rings. The molecule has 0 radical (unpaired) electrons. The van der Waals surface area contributed by atoms with Crippen LogP contribution in [0.25, 0.3) is 5.76 Å². The number of aryl methyl sites for hydroxylation is 2. The number of ether oxygens (including phenoxy) is 2. The van der Waals surface area contributed by atoms with Gasteiger partial charge in [-0.2, -0.15) is 0 Å². The van der Waals surface area contributed by atoms with Gasteiger partial charge in [0.2, 0.25) is 0 Å². The highest BCUT2D eigenvalue weighted by Crippen LogP contribution is 2.41. The molecule has 6 nitrogen and oxygen atoms in total. The van der Waals surface area contributed by atoms with E-state index in [0.717, 1.165) is 22.3 Å². The van der Waals surface area contributed by atoms with Gasteiger partial charge in [0.05, 0.1) is 25.3 Å². The van der Waals surface area contributed by atoms with E-state index in [-0.39, 0.29) is 17.9 Å². The Morgan fingerprint density at radius 2 is 1.77 bits per heavy atom. The maximum Gasteiger partial charge on any atom is 0.295 e. The number of amides is 1. The summed E-state index contributed by atoms with van der Waals surface area (Å²) >= 11 is 0. The van der Waals surface area contributed by atoms with Crippen LogP contribution in [0.3, 0.4) is 0 Å². The number of carbonyl (C=O) groups is 2. The molecule has 180 valence electrons. The van der Waals surface area contributed by atoms with Gasteiger partial charge in [0.1, 0.15) is 17.3 Å². The van der Waals surface area contributed by atoms with E-state index in [1.807, 2.05) is 69.3 Å². The number of rotatable bonds is 7. The van der Waals surface area contributed by atoms with Crippen LogP contribution in [-0.4, -0.2) is 35.4 Å². The van der Waals surface area contributed by atoms with Crippen molar-refractivity contribution in [1.82, 2.24) is 4.90 Å². The highest BCUT2D eigenvalue weighted by molar-refractivity contribution is 6.46. The van der Waals surface area contributed by atoms with Crippen molar-refractivity contribution < 1.29 is 24.2 Å². The lowest BCUT2D eigenvalue weighted by Crippen LogP contribution is -2.29. The van der Waals surface area contributed by atoms with Gasteiger partial charge in [0.15, 0.2) is 0 Å². The zero-order chi connectivity index (χ0) is 25.1. The zero-order valence-electron chi connectivity index (χ0n) is 20.4. The summed E-state index contributed by atoms with van der Waals surface area (Å²) in [6.45, 7) is 6.45. The Hall–Kier alpha value is -4.06. The lowest BCUT2D eigenvalue weighted by atomic mass is 9.94. The van der Waals surface area contributed by atoms with Crippen molar-refractivity contribution in [2.45, 2.75) is 33.4 Å². The molecule has 1 amide bonds. The maximum absolute atomic E-state index is 13.3. The number of Topliss-reactive ketones (excluding diaryl/α,β-unsaturated/α-hetero) is 1. The standard InChI is InChI=1S/C29H29NO5/c1-5-35-24-13-12-22(15-19(24)3)27(31)25-26(21-10-6-8-18(2)14-21)30(29(33)28(25)32)17-20-9-7-11-23(16-20)34-4/h6-16,26,31H,5,17H2,1-4H3/b27-25-. The molecule has 0 bridgehead atoms. The number of benzene rings is 3. The van der Waals surface area contributed by atoms with Gasteiger partial charge in [-0.1, -0.05) is 42.0 Å². The monoisotopic (exact) mass is 471 g/mol. The van der Waals surface area contributed by atoms with E-state index < -0.39 is 17.7 Å². The predicted octanol–water partition coefficient (Wildman–Crippen LogP) is 5.33. The molecule has 35 heavy (non-hydrogen) atoms. The summed E-state index contributed by atoms with van der Waals surface area (Å²) in [5, 5.41) is 11.3. The summed E-state index contributed by atoms with van der Waals surface area (Å²) < 4.78 is 10.9. The summed E-state index contributed by atoms with van der Waals surface area (Å²) in [5.74, 6) is -0.185. The Bertz CT molecular complexity index is 1310. The van der Waals surface area contributed by atoms with Gasteiger partial charge in [-0.05, 0) is 67.8 Å². The number of methoxy groups -OCH3 is 1. The number of nitrogens with zero attached hydrogens (tertiary/aromatic N) is 1. The molecule has 0 saturated carbocycles. The number of likely N-dealkylation sites (tertiary alicyclic amines) is 1. The highest BCUT2D eigenvalue weighted by atomic mass is 16.5. The van der Waals surface area contributed by atoms with Gasteiger partial charge in [-0.3, -0.25) is 9.59 Å². The fourth-order valence-electron chi connectivity index (χ4n) is 4.47. The van der Waals surface area contributed by atoms with Gasteiger partial charge >= 0.3 is 0 Å². The first kappa shape index (κ1) is 24.1. The second-order valence-corrected chi connectivity index (χ2v) is 8.61. The molecule has 3 aromatic carbocycles. The highest BCUT2D eigenvalue weighted by Gasteiger charge is 2.46. The van der Waals surface area contributed by atoms with Crippen LogP contribution in [0, 0.1) is 13.8 Å². The molecule has 4 rings (SSSR count). The van der Waals surface area contributed by atoms with Crippen molar-refractivity contribution in [1.29, 1.82) is 0 Å². The topological polar surface area (TPSA) is 76.1 Å². The first-order chi connectivity index (χ1) is 16.8. The van der Waals surface area contributed by atoms with Crippen LogP contribution in [-0.2, 0) is 16.1 Å². The number of hydrogen-bond acceptors (Lipinski definition) is 5. The largest absolute Gasteiger partial charge is 0.507 e. The second-order valence-electron chi connectivity index (χ2n) is 8.61. The van der Waals surface area contributed by atoms with E-state index in [0.29, 0.717) is 23.7 Å². The maximum atomic E-state index is 13.3. The number of hydrogen-bond donors (Lipinski definition) is 1. The van der Waals surface area contributed by atoms with Crippen LogP contribution in [0.2, 0.25) is 0 Å². The zero-order valence-corrected chi connectivity index (χ0v) is 20.4. The summed E-state index contributed by atoms with van der Waals surface area (Å²) in [4.78, 5) is 28.1. The van der Waals surface area contributed by atoms with Gasteiger partial charge < -0.3 is 19.5 Å². The summed E-state index contributed by atoms with van der Waals surface area (Å²) in [7, 11) is 1.58. The summed E-state index contributed by atoms with van der Waals surface area (Å²) in [6, 6.07) is 19.5. The molecule has 1 aliphatic rings. The van der Waals surface area contributed by atoms with Crippen LogP contribution in [0.15, 0.2) is 72.3 Å². The third kappa shape index (κ3) is 4.78. The van der Waals surface area contributed by atoms with Gasteiger partial charge in [0, 0.05) is 12.1 Å². The normalized spacial score (nSPS) is 17.0. The van der Waals surface area contributed by atoms with E-state index in [4.69, 9.17) is 9.47 Å². The van der Waals surface area contributed by atoms with Crippen molar-refractivity contribution in [3.8, 4) is 11.5 Å². The Morgan fingerprint density at radius 3 is 2.46 bits per heavy atom. The van der Waals surface area contributed by atoms with E-state index in [9.17, 15) is 14.7 Å². The molecular weight excluding hydrogens is 442 g/mol. The van der Waals surface area contributed by atoms with Crippen LogP contribution in [0.5, 0.6) is 11.5 Å². The average molecular weight is 472 g/mol. The van der Waals surface area contributed by atoms with Gasteiger partial charge in [-0.25, -0.2) is 0 Å². The van der Waals surface area contributed by atoms with Crippen LogP contribution in [0.4, 0.5) is 0 Å². The first-order valence-electron chi connectivity index (χ1n) is 11.6. The van der Waals surface area contributed by atoms with E-state index >= 15 is 0 Å². The van der Waals surface area contributed by atoms with Crippen molar-refractivity contribution >= 4 is 17.4 Å². The molecule has 3 aromatic rings. The number of ketones is 1. The minimum Gasteiger partial charge on any atom is -0.507 e. The molecular formula is C29H29NO5. The Morgan fingerprint density at radius 1 is 1.00 bits per heavy atom. The third-order valence-corrected chi connectivity index (χ3v) is 6.13. The second kappa shape index (κ2) is 10.1. The van der Waals surface area contributed by atoms with Crippen LogP contribution in [0.1, 0.15) is 40.8 Å². The number of aliphatic hydroxyl groups excluding tert-OH is 1. The van der Waals surface area contributed by atoms with Crippen molar-refractivity contribution in [3.05, 3.63) is 100 Å². The molecule has 1 heterocycles. The Balaban J connectivity index is 1.84. The Kier molecular flexibility index (Phi) is 6.92. The lowest BCUT2D eigenvalue weighted by molar-refractivity contribution is -0.140. The average Bonchev–Trinajstić information content (AvgIpc) is 3.10. The molecule has 0 aliphatic carbocycles. The van der Waals surface area contributed by atoms with Gasteiger partial charge in [0.25, 0.3) is 11.7 Å². The molecule has 1 aliphatic heterocycles. The fourth-order valence-corrected chi connectivity index (χ4v) is 4.47. The molecule has 1 N–H and O–H groups in total. The van der Waals surface area contributed by atoms with Crippen molar-refractivity contribution in [2.75, 3.05) is 13.7 Å². The van der Waals surface area contributed by atoms with E-state index in [2.05, 4.69) is 0 Å². The van der Waals surface area contributed by atoms with E-state index in [1.54, 1.807) is 25.3 Å². The number of carbonyl (C=O) groups excluding carboxylic acids is 2. The molecule has 1 saturated heterocycles. The minimum atomic E-state index is -0.729. The predicted molar refractivity (Wildman–Crippen MR) is 134 cm³/mol. The molecule has 6 heteroatoms. The smallest absolute Gasteiger partial charge is 0.295 e. The van der Waals surface area contributed by atoms with Gasteiger partial charge in [-0.15, -0.1) is 0 Å². The van der Waals surface area contributed by atoms with E-state index in [1.165, 1.54) is 4.90 Å². The lowest BCUT2D eigenvalue weighted by Gasteiger charge is -2.26. The summed E-state index contributed by atoms with van der Waals surface area (Å²) in [5.41, 5.74) is 3.94. The molecule has 1 unspecified atom stereocenters. The van der Waals surface area contributed by atoms with Crippen LogP contribution < -0.4 is 9.47 Å². The SMILES string of the molecule is CCOc1ccc(/C(O)=C2/C(=O)C(=O)N(Cc3cccc(OC)c3)C2c2cccc(C)c2)cc1C. The number of aliphatic hydroxyl groups is 1. The summed E-state index contributed by atoms with van der Waals surface area (Å²) in [6.07, 6.45) is 0. The Labute approximate surface area is 205 Å². The minimum absolute atomic E-state index is 0.0760. The quantitative estimate of drug-likeness (QED) is 0.286. The third-order valence-electron chi connectivity index (χ3n) is 6.13. The first-order valence-corrected chi connectivity index (χ1v) is 11.6. The van der Waals surface area contributed by atoms with Crippen molar-refractivity contribution in [3.63, 3.8) is 0 Å². The molecule has 0 aromatic heterocycles.